The highest BCUT2D eigenvalue weighted by Gasteiger charge is 2.25. The van der Waals surface area contributed by atoms with Gasteiger partial charge < -0.3 is 10.4 Å². The molecule has 5 nitrogen and oxygen atoms in total. The quantitative estimate of drug-likeness (QED) is 0.786. The maximum atomic E-state index is 12.6. The Balaban J connectivity index is 1.48. The average molecular weight is 366 g/mol. The molecule has 27 heavy (non-hydrogen) atoms. The highest BCUT2D eigenvalue weighted by molar-refractivity contribution is 5.92. The van der Waals surface area contributed by atoms with Crippen molar-refractivity contribution in [3.05, 3.63) is 65.7 Å². The van der Waals surface area contributed by atoms with Crippen LogP contribution in [0, 0.1) is 5.92 Å². The topological polar surface area (TPSA) is 69.6 Å². The Hall–Kier alpha value is -2.66. The van der Waals surface area contributed by atoms with Crippen LogP contribution in [0.3, 0.4) is 0 Å². The number of carboxylic acid groups (broad SMARTS) is 1. The molecule has 1 saturated heterocycles. The molecule has 2 N–H and O–H groups in total. The second-order valence-corrected chi connectivity index (χ2v) is 7.12. The summed E-state index contributed by atoms with van der Waals surface area (Å²) in [6.07, 6.45) is 2.28. The fourth-order valence-corrected chi connectivity index (χ4v) is 3.50. The summed E-state index contributed by atoms with van der Waals surface area (Å²) >= 11 is 0. The van der Waals surface area contributed by atoms with Gasteiger partial charge in [-0.2, -0.15) is 0 Å². The van der Waals surface area contributed by atoms with E-state index in [4.69, 9.17) is 5.11 Å². The first-order valence-corrected chi connectivity index (χ1v) is 9.48. The Labute approximate surface area is 160 Å². The first kappa shape index (κ1) is 19.1. The van der Waals surface area contributed by atoms with Crippen molar-refractivity contribution >= 4 is 17.6 Å². The van der Waals surface area contributed by atoms with E-state index in [-0.39, 0.29) is 18.2 Å². The zero-order valence-corrected chi connectivity index (χ0v) is 15.4. The van der Waals surface area contributed by atoms with Crippen LogP contribution in [-0.2, 0) is 22.6 Å². The van der Waals surface area contributed by atoms with Gasteiger partial charge in [0.25, 0.3) is 0 Å². The summed E-state index contributed by atoms with van der Waals surface area (Å²) in [6, 6.07) is 17.9. The van der Waals surface area contributed by atoms with Crippen LogP contribution >= 0.6 is 0 Å². The molecule has 0 bridgehead atoms. The number of carboxylic acids is 1. The van der Waals surface area contributed by atoms with E-state index < -0.39 is 5.97 Å². The SMILES string of the molecule is O=C(O)CCc1cccc(NC(=O)C2CCN(Cc3ccccc3)CC2)c1. The van der Waals surface area contributed by atoms with Crippen LogP contribution < -0.4 is 5.32 Å². The number of amides is 1. The van der Waals surface area contributed by atoms with E-state index in [1.807, 2.05) is 30.3 Å². The average Bonchev–Trinajstić information content (AvgIpc) is 2.68. The molecule has 0 aromatic heterocycles. The molecule has 3 rings (SSSR count). The maximum Gasteiger partial charge on any atom is 0.303 e. The number of piperidine rings is 1. The van der Waals surface area contributed by atoms with E-state index >= 15 is 0 Å². The molecule has 1 aliphatic rings. The van der Waals surface area contributed by atoms with E-state index in [2.05, 4.69) is 34.5 Å². The van der Waals surface area contributed by atoms with Crippen LogP contribution in [0.1, 0.15) is 30.4 Å². The van der Waals surface area contributed by atoms with Gasteiger partial charge in [0.05, 0.1) is 0 Å². The molecular weight excluding hydrogens is 340 g/mol. The standard InChI is InChI=1S/C22H26N2O3/c25-21(26)10-9-17-7-4-8-20(15-17)23-22(27)19-11-13-24(14-12-19)16-18-5-2-1-3-6-18/h1-8,15,19H,9-14,16H2,(H,23,27)(H,25,26). The van der Waals surface area contributed by atoms with Crippen molar-refractivity contribution in [1.82, 2.24) is 4.90 Å². The van der Waals surface area contributed by atoms with E-state index in [0.29, 0.717) is 6.42 Å². The van der Waals surface area contributed by atoms with Crippen molar-refractivity contribution in [3.63, 3.8) is 0 Å². The number of hydrogen-bond donors (Lipinski definition) is 2. The number of hydrogen-bond acceptors (Lipinski definition) is 3. The second kappa shape index (κ2) is 9.33. The van der Waals surface area contributed by atoms with Gasteiger partial charge in [0.2, 0.25) is 5.91 Å². The molecule has 1 amide bonds. The molecular formula is C22H26N2O3. The van der Waals surface area contributed by atoms with Crippen LogP contribution in [-0.4, -0.2) is 35.0 Å². The second-order valence-electron chi connectivity index (χ2n) is 7.12. The smallest absolute Gasteiger partial charge is 0.303 e. The first-order valence-electron chi connectivity index (χ1n) is 9.48. The van der Waals surface area contributed by atoms with Gasteiger partial charge in [0, 0.05) is 24.6 Å². The molecule has 0 aliphatic carbocycles. The first-order chi connectivity index (χ1) is 13.1. The third kappa shape index (κ3) is 5.93. The zero-order valence-electron chi connectivity index (χ0n) is 15.4. The molecule has 1 aliphatic heterocycles. The lowest BCUT2D eigenvalue weighted by Gasteiger charge is -2.31. The van der Waals surface area contributed by atoms with Crippen molar-refractivity contribution in [2.24, 2.45) is 5.92 Å². The molecule has 0 atom stereocenters. The minimum atomic E-state index is -0.813. The minimum absolute atomic E-state index is 0.0275. The number of aliphatic carboxylic acids is 1. The van der Waals surface area contributed by atoms with Crippen LogP contribution in [0.5, 0.6) is 0 Å². The highest BCUT2D eigenvalue weighted by atomic mass is 16.4. The van der Waals surface area contributed by atoms with Crippen LogP contribution in [0.15, 0.2) is 54.6 Å². The van der Waals surface area contributed by atoms with Gasteiger partial charge in [-0.25, -0.2) is 0 Å². The number of nitrogens with zero attached hydrogens (tertiary/aromatic N) is 1. The largest absolute Gasteiger partial charge is 0.481 e. The van der Waals surface area contributed by atoms with Gasteiger partial charge in [-0.15, -0.1) is 0 Å². The Morgan fingerprint density at radius 1 is 1.00 bits per heavy atom. The van der Waals surface area contributed by atoms with Gasteiger partial charge >= 0.3 is 5.97 Å². The minimum Gasteiger partial charge on any atom is -0.481 e. The molecule has 0 spiro atoms. The zero-order chi connectivity index (χ0) is 19.1. The Morgan fingerprint density at radius 2 is 1.70 bits per heavy atom. The lowest BCUT2D eigenvalue weighted by molar-refractivity contribution is -0.137. The summed E-state index contributed by atoms with van der Waals surface area (Å²) in [5, 5.41) is 11.8. The number of rotatable bonds is 7. The Bertz CT molecular complexity index is 768. The van der Waals surface area contributed by atoms with E-state index in [1.54, 1.807) is 0 Å². The molecule has 1 heterocycles. The van der Waals surface area contributed by atoms with E-state index in [1.165, 1.54) is 5.56 Å². The number of aryl methyl sites for hydroxylation is 1. The molecule has 0 saturated carbocycles. The molecule has 0 unspecified atom stereocenters. The summed E-state index contributed by atoms with van der Waals surface area (Å²) in [6.45, 7) is 2.78. The molecule has 1 fully saturated rings. The van der Waals surface area contributed by atoms with Gasteiger partial charge in [-0.3, -0.25) is 14.5 Å². The third-order valence-corrected chi connectivity index (χ3v) is 5.03. The summed E-state index contributed by atoms with van der Waals surface area (Å²) in [5.41, 5.74) is 2.97. The van der Waals surface area contributed by atoms with Gasteiger partial charge in [0.15, 0.2) is 0 Å². The monoisotopic (exact) mass is 366 g/mol. The van der Waals surface area contributed by atoms with Crippen molar-refractivity contribution < 1.29 is 14.7 Å². The molecule has 142 valence electrons. The van der Waals surface area contributed by atoms with Gasteiger partial charge in [0.1, 0.15) is 0 Å². The van der Waals surface area contributed by atoms with Crippen LogP contribution in [0.25, 0.3) is 0 Å². The molecule has 0 radical (unpaired) electrons. The predicted octanol–water partition coefficient (Wildman–Crippen LogP) is 3.55. The predicted molar refractivity (Wildman–Crippen MR) is 105 cm³/mol. The van der Waals surface area contributed by atoms with Gasteiger partial charge in [-0.05, 0) is 55.6 Å². The number of anilines is 1. The summed E-state index contributed by atoms with van der Waals surface area (Å²) in [4.78, 5) is 25.7. The van der Waals surface area contributed by atoms with Gasteiger partial charge in [-0.1, -0.05) is 42.5 Å². The van der Waals surface area contributed by atoms with Crippen LogP contribution in [0.2, 0.25) is 0 Å². The van der Waals surface area contributed by atoms with E-state index in [0.717, 1.165) is 43.7 Å². The summed E-state index contributed by atoms with van der Waals surface area (Å²) in [5.74, 6) is -0.726. The molecule has 2 aromatic carbocycles. The normalized spacial score (nSPS) is 15.4. The van der Waals surface area contributed by atoms with Crippen molar-refractivity contribution in [3.8, 4) is 0 Å². The number of benzene rings is 2. The number of carbonyl (C=O) groups is 2. The number of carbonyl (C=O) groups excluding carboxylic acids is 1. The van der Waals surface area contributed by atoms with Crippen molar-refractivity contribution in [2.45, 2.75) is 32.2 Å². The van der Waals surface area contributed by atoms with Crippen LogP contribution in [0.4, 0.5) is 5.69 Å². The molecule has 5 heteroatoms. The van der Waals surface area contributed by atoms with E-state index in [9.17, 15) is 9.59 Å². The Kier molecular flexibility index (Phi) is 6.60. The fraction of sp³-hybridized carbons (Fsp3) is 0.364. The van der Waals surface area contributed by atoms with Crippen molar-refractivity contribution in [2.75, 3.05) is 18.4 Å². The molecule has 2 aromatic rings. The number of nitrogens with one attached hydrogen (secondary N) is 1. The summed E-state index contributed by atoms with van der Waals surface area (Å²) in [7, 11) is 0. The lowest BCUT2D eigenvalue weighted by atomic mass is 9.95. The fourth-order valence-electron chi connectivity index (χ4n) is 3.50. The summed E-state index contributed by atoms with van der Waals surface area (Å²) < 4.78 is 0. The Morgan fingerprint density at radius 3 is 2.41 bits per heavy atom. The van der Waals surface area contributed by atoms with Crippen molar-refractivity contribution in [1.29, 1.82) is 0 Å². The highest BCUT2D eigenvalue weighted by Crippen LogP contribution is 2.21. The lowest BCUT2D eigenvalue weighted by Crippen LogP contribution is -2.37. The maximum absolute atomic E-state index is 12.6. The number of likely N-dealkylation sites (tertiary alicyclic amines) is 1. The third-order valence-electron chi connectivity index (χ3n) is 5.03.